The molecule has 3 aromatic rings. The molecule has 1 aromatic heterocycles. The molecule has 4 rings (SSSR count). The summed E-state index contributed by atoms with van der Waals surface area (Å²) in [4.78, 5) is 0. The molecule has 184 valence electrons. The summed E-state index contributed by atoms with van der Waals surface area (Å²) in [5.41, 5.74) is 1.61. The summed E-state index contributed by atoms with van der Waals surface area (Å²) in [6.07, 6.45) is 5.56. The van der Waals surface area contributed by atoms with Crippen molar-refractivity contribution in [2.24, 2.45) is 5.92 Å². The van der Waals surface area contributed by atoms with Crippen molar-refractivity contribution in [1.29, 1.82) is 0 Å². The molecule has 0 amide bonds. The van der Waals surface area contributed by atoms with Crippen LogP contribution in [0.2, 0.25) is 0 Å². The number of ether oxygens (including phenoxy) is 1. The second kappa shape index (κ2) is 12.1. The molecule has 1 saturated carbocycles. The van der Waals surface area contributed by atoms with Crippen LogP contribution in [0.15, 0.2) is 71.3 Å². The van der Waals surface area contributed by atoms with Crippen molar-refractivity contribution < 1.29 is 35.8 Å². The van der Waals surface area contributed by atoms with Crippen molar-refractivity contribution in [3.63, 3.8) is 0 Å². The fourth-order valence-electron chi connectivity index (χ4n) is 4.95. The highest BCUT2D eigenvalue weighted by atomic mass is 79.9. The summed E-state index contributed by atoms with van der Waals surface area (Å²) in [6.45, 7) is 2.84. The number of halogens is 1. The van der Waals surface area contributed by atoms with Crippen LogP contribution in [0.5, 0.6) is 0 Å². The number of hydrogen-bond acceptors (Lipinski definition) is 4. The molecule has 0 radical (unpaired) electrons. The number of benzene rings is 2. The lowest BCUT2D eigenvalue weighted by molar-refractivity contribution is -0.905. The number of likely N-dealkylation sites (N-methyl/N-ethyl adjacent to an activating group) is 1. The van der Waals surface area contributed by atoms with E-state index in [2.05, 4.69) is 31.4 Å². The lowest BCUT2D eigenvalue weighted by atomic mass is 9.71. The van der Waals surface area contributed by atoms with Gasteiger partial charge in [-0.05, 0) is 29.9 Å². The minimum Gasteiger partial charge on any atom is -1.00 e. The molecule has 0 aliphatic heterocycles. The van der Waals surface area contributed by atoms with Crippen molar-refractivity contribution in [1.82, 2.24) is 5.16 Å². The topological polar surface area (TPSA) is 55.5 Å². The Kier molecular flexibility index (Phi) is 9.48. The Hall–Kier alpha value is -1.99. The highest BCUT2D eigenvalue weighted by molar-refractivity contribution is 5.33. The van der Waals surface area contributed by atoms with E-state index in [4.69, 9.17) is 9.26 Å². The minimum atomic E-state index is -1.11. The summed E-state index contributed by atoms with van der Waals surface area (Å²) in [5.74, 6) is 0.948. The summed E-state index contributed by atoms with van der Waals surface area (Å²) < 4.78 is 12.4. The molecule has 6 heteroatoms. The van der Waals surface area contributed by atoms with Crippen LogP contribution in [0, 0.1) is 5.92 Å². The van der Waals surface area contributed by atoms with Crippen molar-refractivity contribution in [2.45, 2.75) is 50.9 Å². The van der Waals surface area contributed by atoms with Gasteiger partial charge < -0.3 is 35.8 Å². The third-order valence-corrected chi connectivity index (χ3v) is 6.90. The van der Waals surface area contributed by atoms with Gasteiger partial charge in [0.1, 0.15) is 24.4 Å². The van der Waals surface area contributed by atoms with E-state index >= 15 is 0 Å². The number of nitrogens with zero attached hydrogens (tertiary/aromatic N) is 2. The Balaban J connectivity index is 0.00000324. The van der Waals surface area contributed by atoms with E-state index in [-0.39, 0.29) is 22.9 Å². The van der Waals surface area contributed by atoms with Crippen molar-refractivity contribution in [2.75, 3.05) is 27.2 Å². The average molecular weight is 530 g/mol. The molecule has 1 N–H and O–H groups in total. The molecule has 0 bridgehead atoms. The van der Waals surface area contributed by atoms with E-state index in [1.807, 2.05) is 54.6 Å². The van der Waals surface area contributed by atoms with Gasteiger partial charge in [-0.2, -0.15) is 0 Å². The number of aromatic nitrogens is 1. The van der Waals surface area contributed by atoms with Crippen LogP contribution in [-0.2, 0) is 23.5 Å². The van der Waals surface area contributed by atoms with Crippen LogP contribution in [0.4, 0.5) is 0 Å². The smallest absolute Gasteiger partial charge is 0.191 e. The summed E-state index contributed by atoms with van der Waals surface area (Å²) >= 11 is 0. The third kappa shape index (κ3) is 6.57. The maximum Gasteiger partial charge on any atom is 0.191 e. The van der Waals surface area contributed by atoms with Crippen LogP contribution in [0.25, 0.3) is 0 Å². The molecule has 1 unspecified atom stereocenters. The van der Waals surface area contributed by atoms with Gasteiger partial charge in [-0.3, -0.25) is 0 Å². The number of hydrogen-bond donors (Lipinski definition) is 1. The Morgan fingerprint density at radius 1 is 1.00 bits per heavy atom. The van der Waals surface area contributed by atoms with E-state index in [0.29, 0.717) is 25.5 Å². The second-order valence-electron chi connectivity index (χ2n) is 10.0. The Morgan fingerprint density at radius 3 is 2.32 bits per heavy atom. The van der Waals surface area contributed by atoms with E-state index in [1.54, 1.807) is 0 Å². The van der Waals surface area contributed by atoms with E-state index in [0.717, 1.165) is 48.0 Å². The van der Waals surface area contributed by atoms with Crippen LogP contribution >= 0.6 is 0 Å². The number of aliphatic hydroxyl groups is 1. The first-order valence-electron chi connectivity index (χ1n) is 12.1. The van der Waals surface area contributed by atoms with Crippen molar-refractivity contribution in [3.05, 3.63) is 89.3 Å². The molecule has 1 fully saturated rings. The van der Waals surface area contributed by atoms with Crippen LogP contribution in [0.3, 0.4) is 0 Å². The lowest BCUT2D eigenvalue weighted by Gasteiger charge is -2.37. The standard InChI is InChI=1S/C28H37N2O3.BrH/c1-30(2,18-19-32-22-23-12-6-3-7-13-23)21-26-20-27(29-33-26)28(31,24-14-8-4-9-15-24)25-16-10-5-11-17-25;/h3-4,6-9,12-15,20,25,31H,5,10-11,16-19,21-22H2,1-2H3;1H/q+1;/p-1. The molecule has 0 spiro atoms. The zero-order valence-electron chi connectivity index (χ0n) is 20.3. The van der Waals surface area contributed by atoms with Crippen molar-refractivity contribution >= 4 is 0 Å². The van der Waals surface area contributed by atoms with Gasteiger partial charge in [0, 0.05) is 6.07 Å². The summed E-state index contributed by atoms with van der Waals surface area (Å²) in [5, 5.41) is 16.4. The molecule has 5 nitrogen and oxygen atoms in total. The molecule has 1 aliphatic rings. The zero-order valence-corrected chi connectivity index (χ0v) is 21.9. The first-order valence-corrected chi connectivity index (χ1v) is 12.1. The van der Waals surface area contributed by atoms with Gasteiger partial charge in [-0.1, -0.05) is 85.1 Å². The van der Waals surface area contributed by atoms with E-state index < -0.39 is 5.60 Å². The maximum atomic E-state index is 12.0. The number of rotatable bonds is 10. The highest BCUT2D eigenvalue weighted by Gasteiger charge is 2.43. The van der Waals surface area contributed by atoms with Crippen LogP contribution < -0.4 is 17.0 Å². The predicted molar refractivity (Wildman–Crippen MR) is 129 cm³/mol. The van der Waals surface area contributed by atoms with Gasteiger partial charge in [0.25, 0.3) is 0 Å². The van der Waals surface area contributed by atoms with Gasteiger partial charge in [0.2, 0.25) is 0 Å². The highest BCUT2D eigenvalue weighted by Crippen LogP contribution is 2.43. The molecule has 0 saturated heterocycles. The normalized spacial score (nSPS) is 16.6. The fraction of sp³-hybridized carbons (Fsp3) is 0.464. The van der Waals surface area contributed by atoms with Gasteiger partial charge in [0.05, 0.1) is 27.3 Å². The van der Waals surface area contributed by atoms with Crippen LogP contribution in [0.1, 0.15) is 54.7 Å². The zero-order chi connectivity index (χ0) is 23.2. The van der Waals surface area contributed by atoms with Gasteiger partial charge in [0.15, 0.2) is 5.76 Å². The maximum absolute atomic E-state index is 12.0. The first kappa shape index (κ1) is 26.6. The van der Waals surface area contributed by atoms with E-state index in [1.165, 1.54) is 12.0 Å². The van der Waals surface area contributed by atoms with Crippen molar-refractivity contribution in [3.8, 4) is 0 Å². The average Bonchev–Trinajstić information content (AvgIpc) is 3.31. The molecular formula is C28H37BrN2O3. The minimum absolute atomic E-state index is 0. The SMILES string of the molecule is C[N+](C)(CCOCc1ccccc1)Cc1cc(C(O)(c2ccccc2)C2CCCCC2)no1.[Br-]. The molecule has 2 aromatic carbocycles. The van der Waals surface area contributed by atoms with Gasteiger partial charge >= 0.3 is 0 Å². The molecule has 1 heterocycles. The van der Waals surface area contributed by atoms with Crippen LogP contribution in [-0.4, -0.2) is 42.0 Å². The Bertz CT molecular complexity index is 987. The van der Waals surface area contributed by atoms with E-state index in [9.17, 15) is 5.11 Å². The predicted octanol–water partition coefficient (Wildman–Crippen LogP) is 2.29. The number of quaternary nitrogens is 1. The summed E-state index contributed by atoms with van der Waals surface area (Å²) in [6, 6.07) is 22.2. The second-order valence-corrected chi connectivity index (χ2v) is 10.0. The Labute approximate surface area is 214 Å². The molecule has 34 heavy (non-hydrogen) atoms. The third-order valence-electron chi connectivity index (χ3n) is 6.90. The van der Waals surface area contributed by atoms with Gasteiger partial charge in [-0.25, -0.2) is 0 Å². The first-order chi connectivity index (χ1) is 16.0. The molecule has 1 aliphatic carbocycles. The largest absolute Gasteiger partial charge is 1.00 e. The fourth-order valence-corrected chi connectivity index (χ4v) is 4.95. The molecule has 1 atom stereocenters. The summed E-state index contributed by atoms with van der Waals surface area (Å²) in [7, 11) is 4.33. The molecular weight excluding hydrogens is 492 g/mol. The monoisotopic (exact) mass is 528 g/mol. The Morgan fingerprint density at radius 2 is 1.65 bits per heavy atom. The lowest BCUT2D eigenvalue weighted by Crippen LogP contribution is -3.00. The van der Waals surface area contributed by atoms with Gasteiger partial charge in [-0.15, -0.1) is 0 Å². The quantitative estimate of drug-likeness (QED) is 0.324.